The Bertz CT molecular complexity index is 666. The van der Waals surface area contributed by atoms with Crippen molar-refractivity contribution < 1.29 is 0 Å². The quantitative estimate of drug-likeness (QED) is 0.846. The van der Waals surface area contributed by atoms with E-state index in [9.17, 15) is 0 Å². The molecule has 0 aliphatic carbocycles. The van der Waals surface area contributed by atoms with Gasteiger partial charge >= 0.3 is 0 Å². The van der Waals surface area contributed by atoms with Crippen molar-refractivity contribution in [1.29, 1.82) is 0 Å². The fourth-order valence-corrected chi connectivity index (χ4v) is 3.24. The van der Waals surface area contributed by atoms with Crippen LogP contribution >= 0.6 is 11.6 Å². The molecule has 0 amide bonds. The summed E-state index contributed by atoms with van der Waals surface area (Å²) in [6, 6.07) is 14.0. The van der Waals surface area contributed by atoms with Gasteiger partial charge in [0.05, 0.1) is 22.1 Å². The van der Waals surface area contributed by atoms with Gasteiger partial charge in [0.15, 0.2) is 0 Å². The van der Waals surface area contributed by atoms with E-state index in [1.807, 2.05) is 30.3 Å². The summed E-state index contributed by atoms with van der Waals surface area (Å²) in [5.41, 5.74) is 15.3. The van der Waals surface area contributed by atoms with Crippen LogP contribution in [0.2, 0.25) is 5.02 Å². The Labute approximate surface area is 142 Å². The third-order valence-corrected chi connectivity index (χ3v) is 4.75. The number of hydrogen-bond acceptors (Lipinski definition) is 4. The molecule has 0 radical (unpaired) electrons. The van der Waals surface area contributed by atoms with Crippen LogP contribution in [0.5, 0.6) is 0 Å². The monoisotopic (exact) mass is 330 g/mol. The summed E-state index contributed by atoms with van der Waals surface area (Å²) in [5, 5.41) is 0.832. The van der Waals surface area contributed by atoms with Crippen LogP contribution in [0, 0.1) is 0 Å². The summed E-state index contributed by atoms with van der Waals surface area (Å²) in [5.74, 6) is 0. The maximum absolute atomic E-state index is 6.29. The second-order valence-corrected chi connectivity index (χ2v) is 6.40. The van der Waals surface area contributed by atoms with E-state index in [0.29, 0.717) is 11.4 Å². The average Bonchev–Trinajstić information content (AvgIpc) is 2.57. The van der Waals surface area contributed by atoms with E-state index in [-0.39, 0.29) is 0 Å². The molecule has 23 heavy (non-hydrogen) atoms. The molecule has 122 valence electrons. The number of nitrogens with two attached hydrogens (primary N) is 2. The molecule has 1 saturated heterocycles. The summed E-state index contributed by atoms with van der Waals surface area (Å²) < 4.78 is 0. The van der Waals surface area contributed by atoms with Crippen molar-refractivity contribution in [2.75, 3.05) is 49.1 Å². The topological polar surface area (TPSA) is 58.5 Å². The average molecular weight is 331 g/mol. The standard InChI is InChI=1S/C18H23ClN4/c19-15-3-1-2-4-18(15)23-11-9-22(10-12-23)8-7-14-5-6-16(20)17(21)13-14/h1-6,13H,7-12,20-21H2. The van der Waals surface area contributed by atoms with Gasteiger partial charge in [0.1, 0.15) is 0 Å². The lowest BCUT2D eigenvalue weighted by molar-refractivity contribution is 0.261. The normalized spacial score (nSPS) is 15.8. The van der Waals surface area contributed by atoms with Gasteiger partial charge in [-0.05, 0) is 36.2 Å². The van der Waals surface area contributed by atoms with Gasteiger partial charge in [0, 0.05) is 32.7 Å². The first kappa shape index (κ1) is 16.0. The minimum atomic E-state index is 0.655. The van der Waals surface area contributed by atoms with Crippen molar-refractivity contribution in [1.82, 2.24) is 4.90 Å². The lowest BCUT2D eigenvalue weighted by Gasteiger charge is -2.36. The molecule has 4 nitrogen and oxygen atoms in total. The van der Waals surface area contributed by atoms with E-state index >= 15 is 0 Å². The first-order valence-electron chi connectivity index (χ1n) is 7.99. The van der Waals surface area contributed by atoms with Crippen molar-refractivity contribution in [2.45, 2.75) is 6.42 Å². The molecule has 5 heteroatoms. The molecule has 4 N–H and O–H groups in total. The van der Waals surface area contributed by atoms with E-state index in [4.69, 9.17) is 23.1 Å². The largest absolute Gasteiger partial charge is 0.397 e. The number of para-hydroxylation sites is 1. The van der Waals surface area contributed by atoms with Gasteiger partial charge in [-0.15, -0.1) is 0 Å². The summed E-state index contributed by atoms with van der Waals surface area (Å²) in [4.78, 5) is 4.85. The summed E-state index contributed by atoms with van der Waals surface area (Å²) in [6.07, 6.45) is 0.997. The number of halogens is 1. The van der Waals surface area contributed by atoms with Gasteiger partial charge in [-0.25, -0.2) is 0 Å². The number of rotatable bonds is 4. The third-order valence-electron chi connectivity index (χ3n) is 4.43. The van der Waals surface area contributed by atoms with Crippen LogP contribution < -0.4 is 16.4 Å². The molecule has 1 heterocycles. The highest BCUT2D eigenvalue weighted by molar-refractivity contribution is 6.33. The van der Waals surface area contributed by atoms with Gasteiger partial charge in [-0.1, -0.05) is 29.8 Å². The Morgan fingerprint density at radius 2 is 1.65 bits per heavy atom. The van der Waals surface area contributed by atoms with Crippen LogP contribution in [0.1, 0.15) is 5.56 Å². The molecule has 1 aliphatic heterocycles. The summed E-state index contributed by atoms with van der Waals surface area (Å²) in [6.45, 7) is 5.16. The fourth-order valence-electron chi connectivity index (χ4n) is 2.99. The van der Waals surface area contributed by atoms with Crippen molar-refractivity contribution >= 4 is 28.7 Å². The number of anilines is 3. The van der Waals surface area contributed by atoms with Crippen LogP contribution in [-0.2, 0) is 6.42 Å². The van der Waals surface area contributed by atoms with E-state index in [0.717, 1.165) is 49.9 Å². The maximum atomic E-state index is 6.29. The van der Waals surface area contributed by atoms with Gasteiger partial charge in [-0.2, -0.15) is 0 Å². The molecular formula is C18H23ClN4. The van der Waals surface area contributed by atoms with Crippen molar-refractivity contribution in [2.24, 2.45) is 0 Å². The molecule has 0 bridgehead atoms. The SMILES string of the molecule is Nc1ccc(CCN2CCN(c3ccccc3Cl)CC2)cc1N. The molecule has 0 saturated carbocycles. The molecule has 1 aliphatic rings. The predicted octanol–water partition coefficient (Wildman–Crippen LogP) is 2.87. The minimum absolute atomic E-state index is 0.655. The fraction of sp³-hybridized carbons (Fsp3) is 0.333. The number of nitrogen functional groups attached to an aromatic ring is 2. The van der Waals surface area contributed by atoms with E-state index in [1.54, 1.807) is 0 Å². The van der Waals surface area contributed by atoms with Crippen LogP contribution in [-0.4, -0.2) is 37.6 Å². The Hall–Kier alpha value is -1.91. The molecule has 3 rings (SSSR count). The van der Waals surface area contributed by atoms with Crippen LogP contribution in [0.3, 0.4) is 0 Å². The van der Waals surface area contributed by atoms with Crippen molar-refractivity contribution in [3.05, 3.63) is 53.1 Å². The minimum Gasteiger partial charge on any atom is -0.397 e. The molecule has 0 spiro atoms. The zero-order valence-corrected chi connectivity index (χ0v) is 14.0. The third kappa shape index (κ3) is 3.89. The summed E-state index contributed by atoms with van der Waals surface area (Å²) >= 11 is 6.29. The molecule has 1 fully saturated rings. The first-order chi connectivity index (χ1) is 11.1. The van der Waals surface area contributed by atoms with Crippen LogP contribution in [0.25, 0.3) is 0 Å². The van der Waals surface area contributed by atoms with Crippen molar-refractivity contribution in [3.63, 3.8) is 0 Å². The molecular weight excluding hydrogens is 308 g/mol. The number of hydrogen-bond donors (Lipinski definition) is 2. The Kier molecular flexibility index (Phi) is 4.94. The van der Waals surface area contributed by atoms with Crippen LogP contribution in [0.4, 0.5) is 17.1 Å². The molecule has 0 aromatic heterocycles. The van der Waals surface area contributed by atoms with Crippen LogP contribution in [0.15, 0.2) is 42.5 Å². The second kappa shape index (κ2) is 7.11. The zero-order valence-electron chi connectivity index (χ0n) is 13.2. The first-order valence-corrected chi connectivity index (χ1v) is 8.37. The molecule has 0 atom stereocenters. The van der Waals surface area contributed by atoms with Gasteiger partial charge in [-0.3, -0.25) is 4.90 Å². The highest BCUT2D eigenvalue weighted by atomic mass is 35.5. The highest BCUT2D eigenvalue weighted by Gasteiger charge is 2.18. The van der Waals surface area contributed by atoms with Gasteiger partial charge in [0.25, 0.3) is 0 Å². The zero-order chi connectivity index (χ0) is 16.2. The van der Waals surface area contributed by atoms with E-state index < -0.39 is 0 Å². The number of piperazine rings is 1. The Morgan fingerprint density at radius 1 is 0.913 bits per heavy atom. The number of benzene rings is 2. The Balaban J connectivity index is 1.51. The highest BCUT2D eigenvalue weighted by Crippen LogP contribution is 2.26. The maximum Gasteiger partial charge on any atom is 0.0639 e. The lowest BCUT2D eigenvalue weighted by atomic mass is 10.1. The lowest BCUT2D eigenvalue weighted by Crippen LogP contribution is -2.47. The van der Waals surface area contributed by atoms with Crippen molar-refractivity contribution in [3.8, 4) is 0 Å². The predicted molar refractivity (Wildman–Crippen MR) is 99.1 cm³/mol. The number of nitrogens with zero attached hydrogens (tertiary/aromatic N) is 2. The van der Waals surface area contributed by atoms with Gasteiger partial charge in [0.2, 0.25) is 0 Å². The molecule has 0 unspecified atom stereocenters. The van der Waals surface area contributed by atoms with Gasteiger partial charge < -0.3 is 16.4 Å². The second-order valence-electron chi connectivity index (χ2n) is 5.99. The molecule has 2 aromatic carbocycles. The smallest absolute Gasteiger partial charge is 0.0639 e. The van der Waals surface area contributed by atoms with E-state index in [2.05, 4.69) is 21.9 Å². The van der Waals surface area contributed by atoms with E-state index in [1.165, 1.54) is 5.56 Å². The Morgan fingerprint density at radius 3 is 2.35 bits per heavy atom. The molecule has 2 aromatic rings. The summed E-state index contributed by atoms with van der Waals surface area (Å²) in [7, 11) is 0.